The number of benzene rings is 1. The van der Waals surface area contributed by atoms with Crippen molar-refractivity contribution in [3.63, 3.8) is 0 Å². The Hall–Kier alpha value is -3.07. The molecule has 0 aliphatic rings. The Morgan fingerprint density at radius 1 is 1.38 bits per heavy atom. The molecule has 0 radical (unpaired) electrons. The standard InChI is InChI=1S/C15H13N3O3/c1-9(19)11-7-10(8-16)14(17)18(15(11)20)12-5-3-4-6-13(12)21-2/h3-7H,17H2,1-2H3. The monoisotopic (exact) mass is 283 g/mol. The van der Waals surface area contributed by atoms with Crippen molar-refractivity contribution in [2.75, 3.05) is 12.8 Å². The van der Waals surface area contributed by atoms with Crippen LogP contribution in [0.4, 0.5) is 5.82 Å². The van der Waals surface area contributed by atoms with Crippen molar-refractivity contribution >= 4 is 11.6 Å². The van der Waals surface area contributed by atoms with E-state index in [2.05, 4.69) is 0 Å². The van der Waals surface area contributed by atoms with Crippen molar-refractivity contribution in [3.8, 4) is 17.5 Å². The predicted molar refractivity (Wildman–Crippen MR) is 77.7 cm³/mol. The van der Waals surface area contributed by atoms with E-state index in [1.54, 1.807) is 24.3 Å². The number of aromatic nitrogens is 1. The quantitative estimate of drug-likeness (QED) is 0.861. The number of pyridine rings is 1. The number of carbonyl (C=O) groups is 1. The van der Waals surface area contributed by atoms with E-state index in [0.717, 1.165) is 4.57 Å². The number of anilines is 1. The number of Topliss-reactive ketones (excluding diaryl/α,β-unsaturated/α-hetero) is 1. The summed E-state index contributed by atoms with van der Waals surface area (Å²) in [4.78, 5) is 24.1. The first-order valence-electron chi connectivity index (χ1n) is 6.11. The topological polar surface area (TPSA) is 98.1 Å². The fraction of sp³-hybridized carbons (Fsp3) is 0.133. The fourth-order valence-electron chi connectivity index (χ4n) is 2.03. The van der Waals surface area contributed by atoms with Crippen LogP contribution in [0.5, 0.6) is 5.75 Å². The molecule has 0 fully saturated rings. The molecule has 0 saturated heterocycles. The minimum absolute atomic E-state index is 0.0306. The molecule has 0 aliphatic carbocycles. The summed E-state index contributed by atoms with van der Waals surface area (Å²) in [5, 5.41) is 9.13. The van der Waals surface area contributed by atoms with Gasteiger partial charge in [-0.15, -0.1) is 0 Å². The molecular weight excluding hydrogens is 270 g/mol. The van der Waals surface area contributed by atoms with Crippen LogP contribution >= 0.6 is 0 Å². The van der Waals surface area contributed by atoms with Gasteiger partial charge in [0.15, 0.2) is 5.78 Å². The van der Waals surface area contributed by atoms with Crippen molar-refractivity contribution < 1.29 is 9.53 Å². The van der Waals surface area contributed by atoms with Gasteiger partial charge in [0, 0.05) is 0 Å². The summed E-state index contributed by atoms with van der Waals surface area (Å²) in [6.45, 7) is 1.26. The number of nitrogen functional groups attached to an aromatic ring is 1. The van der Waals surface area contributed by atoms with Crippen LogP contribution in [0.2, 0.25) is 0 Å². The highest BCUT2D eigenvalue weighted by atomic mass is 16.5. The Kier molecular flexibility index (Phi) is 3.76. The van der Waals surface area contributed by atoms with E-state index in [9.17, 15) is 9.59 Å². The molecule has 2 N–H and O–H groups in total. The molecule has 0 spiro atoms. The van der Waals surface area contributed by atoms with Crippen LogP contribution in [0.25, 0.3) is 5.69 Å². The Morgan fingerprint density at radius 2 is 2.05 bits per heavy atom. The first-order valence-corrected chi connectivity index (χ1v) is 6.11. The average Bonchev–Trinajstić information content (AvgIpc) is 2.47. The number of rotatable bonds is 3. The first kappa shape index (κ1) is 14.3. The van der Waals surface area contributed by atoms with Gasteiger partial charge in [-0.3, -0.25) is 14.2 Å². The van der Waals surface area contributed by atoms with Crippen LogP contribution in [0, 0.1) is 11.3 Å². The molecular formula is C15H13N3O3. The lowest BCUT2D eigenvalue weighted by molar-refractivity contribution is 0.101. The number of nitrogens with two attached hydrogens (primary N) is 1. The minimum Gasteiger partial charge on any atom is -0.495 e. The third kappa shape index (κ3) is 2.37. The molecule has 0 saturated carbocycles. The molecule has 106 valence electrons. The summed E-state index contributed by atoms with van der Waals surface area (Å²) in [7, 11) is 1.46. The van der Waals surface area contributed by atoms with Crippen molar-refractivity contribution in [1.29, 1.82) is 5.26 Å². The highest BCUT2D eigenvalue weighted by molar-refractivity contribution is 5.94. The van der Waals surface area contributed by atoms with Crippen molar-refractivity contribution in [3.05, 3.63) is 51.8 Å². The number of ether oxygens (including phenoxy) is 1. The van der Waals surface area contributed by atoms with Gasteiger partial charge in [-0.25, -0.2) is 0 Å². The molecule has 0 atom stereocenters. The van der Waals surface area contributed by atoms with Gasteiger partial charge in [0.1, 0.15) is 17.6 Å². The summed E-state index contributed by atoms with van der Waals surface area (Å²) < 4.78 is 6.32. The molecule has 0 aliphatic heterocycles. The van der Waals surface area contributed by atoms with Crippen molar-refractivity contribution in [2.45, 2.75) is 6.92 Å². The maximum Gasteiger partial charge on any atom is 0.267 e. The Bertz CT molecular complexity index is 816. The van der Waals surface area contributed by atoms with Crippen LogP contribution in [-0.2, 0) is 0 Å². The lowest BCUT2D eigenvalue weighted by Crippen LogP contribution is -2.27. The summed E-state index contributed by atoms with van der Waals surface area (Å²) in [6, 6.07) is 9.83. The Morgan fingerprint density at radius 3 is 2.62 bits per heavy atom. The van der Waals surface area contributed by atoms with Gasteiger partial charge in [0.25, 0.3) is 5.56 Å². The number of methoxy groups -OCH3 is 1. The summed E-state index contributed by atoms with van der Waals surface area (Å²) in [5.41, 5.74) is 5.66. The molecule has 6 heteroatoms. The molecule has 2 aromatic rings. The number of ketones is 1. The summed E-state index contributed by atoms with van der Waals surface area (Å²) in [5.74, 6) is -0.0481. The van der Waals surface area contributed by atoms with Crippen LogP contribution in [0.15, 0.2) is 35.1 Å². The zero-order valence-electron chi connectivity index (χ0n) is 11.6. The summed E-state index contributed by atoms with van der Waals surface area (Å²) >= 11 is 0. The van der Waals surface area contributed by atoms with E-state index in [-0.39, 0.29) is 16.9 Å². The highest BCUT2D eigenvalue weighted by Crippen LogP contribution is 2.24. The third-order valence-electron chi connectivity index (χ3n) is 3.06. The average molecular weight is 283 g/mol. The largest absolute Gasteiger partial charge is 0.495 e. The maximum absolute atomic E-state index is 12.5. The second-order valence-corrected chi connectivity index (χ2v) is 4.34. The molecule has 0 unspecified atom stereocenters. The number of nitrogens with zero attached hydrogens (tertiary/aromatic N) is 2. The first-order chi connectivity index (χ1) is 10.0. The van der Waals surface area contributed by atoms with E-state index in [0.29, 0.717) is 11.4 Å². The second-order valence-electron chi connectivity index (χ2n) is 4.34. The van der Waals surface area contributed by atoms with E-state index in [1.807, 2.05) is 6.07 Å². The molecule has 0 bridgehead atoms. The van der Waals surface area contributed by atoms with Crippen LogP contribution in [0.3, 0.4) is 0 Å². The van der Waals surface area contributed by atoms with Gasteiger partial charge < -0.3 is 10.5 Å². The zero-order chi connectivity index (χ0) is 15.6. The molecule has 1 aromatic carbocycles. The SMILES string of the molecule is COc1ccccc1-n1c(N)c(C#N)cc(C(C)=O)c1=O. The maximum atomic E-state index is 12.5. The van der Waals surface area contributed by atoms with Crippen LogP contribution in [0.1, 0.15) is 22.8 Å². The smallest absolute Gasteiger partial charge is 0.267 e. The molecule has 2 rings (SSSR count). The number of para-hydroxylation sites is 2. The molecule has 6 nitrogen and oxygen atoms in total. The fourth-order valence-corrected chi connectivity index (χ4v) is 2.03. The van der Waals surface area contributed by atoms with E-state index in [1.165, 1.54) is 20.1 Å². The Labute approximate surface area is 121 Å². The van der Waals surface area contributed by atoms with E-state index >= 15 is 0 Å². The third-order valence-corrected chi connectivity index (χ3v) is 3.06. The van der Waals surface area contributed by atoms with Gasteiger partial charge in [-0.1, -0.05) is 12.1 Å². The number of carbonyl (C=O) groups excluding carboxylic acids is 1. The highest BCUT2D eigenvalue weighted by Gasteiger charge is 2.18. The lowest BCUT2D eigenvalue weighted by atomic mass is 10.1. The number of hydrogen-bond acceptors (Lipinski definition) is 5. The molecule has 1 aromatic heterocycles. The molecule has 1 heterocycles. The Balaban J connectivity index is 2.92. The summed E-state index contributed by atoms with van der Waals surface area (Å²) in [6.07, 6.45) is 0. The van der Waals surface area contributed by atoms with Gasteiger partial charge in [0.05, 0.1) is 23.9 Å². The molecule has 21 heavy (non-hydrogen) atoms. The van der Waals surface area contributed by atoms with Gasteiger partial charge in [0.2, 0.25) is 0 Å². The number of hydrogen-bond donors (Lipinski definition) is 1. The zero-order valence-corrected chi connectivity index (χ0v) is 11.6. The van der Waals surface area contributed by atoms with Gasteiger partial charge in [-0.05, 0) is 25.1 Å². The number of nitriles is 1. The van der Waals surface area contributed by atoms with E-state index in [4.69, 9.17) is 15.7 Å². The lowest BCUT2D eigenvalue weighted by Gasteiger charge is -2.15. The van der Waals surface area contributed by atoms with Gasteiger partial charge >= 0.3 is 0 Å². The van der Waals surface area contributed by atoms with Crippen LogP contribution in [-0.4, -0.2) is 17.5 Å². The molecule has 0 amide bonds. The van der Waals surface area contributed by atoms with Crippen molar-refractivity contribution in [1.82, 2.24) is 4.57 Å². The van der Waals surface area contributed by atoms with E-state index < -0.39 is 11.3 Å². The second kappa shape index (κ2) is 5.51. The van der Waals surface area contributed by atoms with Crippen molar-refractivity contribution in [2.24, 2.45) is 0 Å². The van der Waals surface area contributed by atoms with Gasteiger partial charge in [-0.2, -0.15) is 5.26 Å². The minimum atomic E-state index is -0.580. The predicted octanol–water partition coefficient (Wildman–Crippen LogP) is 1.50. The normalized spacial score (nSPS) is 9.95. The van der Waals surface area contributed by atoms with Crippen LogP contribution < -0.4 is 16.0 Å².